The van der Waals surface area contributed by atoms with Crippen LogP contribution >= 0.6 is 0 Å². The number of hydrogen-bond acceptors (Lipinski definition) is 5. The predicted molar refractivity (Wildman–Crippen MR) is 119 cm³/mol. The summed E-state index contributed by atoms with van der Waals surface area (Å²) in [5, 5.41) is 5.90. The van der Waals surface area contributed by atoms with Crippen molar-refractivity contribution in [2.75, 3.05) is 37.4 Å². The number of anilines is 2. The molecule has 0 fully saturated rings. The number of methoxy groups -OCH3 is 1. The molecule has 1 amide bonds. The molecule has 2 aromatic rings. The highest BCUT2D eigenvalue weighted by Gasteiger charge is 2.23. The van der Waals surface area contributed by atoms with Gasteiger partial charge in [0.25, 0.3) is 0 Å². The largest absolute Gasteiger partial charge is 0.495 e. The van der Waals surface area contributed by atoms with Crippen molar-refractivity contribution in [2.45, 2.75) is 38.0 Å². The van der Waals surface area contributed by atoms with Crippen molar-refractivity contribution in [1.29, 1.82) is 0 Å². The lowest BCUT2D eigenvalue weighted by molar-refractivity contribution is -0.114. The van der Waals surface area contributed by atoms with Crippen LogP contribution in [0.15, 0.2) is 41.3 Å². The topological polar surface area (TPSA) is 87.7 Å². The molecule has 7 nitrogen and oxygen atoms in total. The molecule has 0 spiro atoms. The second-order valence-electron chi connectivity index (χ2n) is 7.19. The van der Waals surface area contributed by atoms with Gasteiger partial charge in [0.2, 0.25) is 15.9 Å². The van der Waals surface area contributed by atoms with Gasteiger partial charge in [0.15, 0.2) is 0 Å². The van der Waals surface area contributed by atoms with Gasteiger partial charge in [-0.15, -0.1) is 0 Å². The van der Waals surface area contributed by atoms with Crippen molar-refractivity contribution in [3.8, 4) is 5.75 Å². The third-order valence-electron chi connectivity index (χ3n) is 5.34. The van der Waals surface area contributed by atoms with Crippen LogP contribution in [0.5, 0.6) is 5.75 Å². The first kappa shape index (κ1) is 22.1. The smallest absolute Gasteiger partial charge is 0.243 e. The molecule has 0 heterocycles. The summed E-state index contributed by atoms with van der Waals surface area (Å²) in [6.45, 7) is 4.39. The lowest BCUT2D eigenvalue weighted by Gasteiger charge is -2.19. The van der Waals surface area contributed by atoms with Crippen LogP contribution in [0.3, 0.4) is 0 Å². The Balaban J connectivity index is 1.72. The van der Waals surface area contributed by atoms with E-state index in [9.17, 15) is 13.2 Å². The molecule has 2 N–H and O–H groups in total. The Morgan fingerprint density at radius 3 is 2.50 bits per heavy atom. The molecule has 0 saturated carbocycles. The summed E-state index contributed by atoms with van der Waals surface area (Å²) < 4.78 is 32.3. The van der Waals surface area contributed by atoms with Crippen LogP contribution in [0.2, 0.25) is 0 Å². The Bertz CT molecular complexity index is 1020. The molecular formula is C22H29N3O4S. The van der Waals surface area contributed by atoms with Gasteiger partial charge in [-0.2, -0.15) is 4.31 Å². The molecule has 0 aliphatic heterocycles. The Morgan fingerprint density at radius 1 is 1.07 bits per heavy atom. The zero-order chi connectivity index (χ0) is 21.7. The molecule has 162 valence electrons. The standard InChI is InChI=1S/C22H29N3O4S/c1-4-25(5-2)30(27,28)19-11-12-21(29-3)20(14-19)24-22(26)15-23-18-10-9-16-7-6-8-17(16)13-18/h9-14,23H,4-8,15H2,1-3H3,(H,24,26). The minimum absolute atomic E-state index is 0.0644. The number of nitrogens with one attached hydrogen (secondary N) is 2. The quantitative estimate of drug-likeness (QED) is 0.636. The zero-order valence-electron chi connectivity index (χ0n) is 17.7. The fourth-order valence-electron chi connectivity index (χ4n) is 3.72. The van der Waals surface area contributed by atoms with Gasteiger partial charge in [0, 0.05) is 18.8 Å². The molecule has 0 bridgehead atoms. The van der Waals surface area contributed by atoms with Gasteiger partial charge in [0.1, 0.15) is 5.75 Å². The maximum Gasteiger partial charge on any atom is 0.243 e. The Kier molecular flexibility index (Phi) is 6.99. The van der Waals surface area contributed by atoms with Gasteiger partial charge in [-0.3, -0.25) is 4.79 Å². The fraction of sp³-hybridized carbons (Fsp3) is 0.409. The predicted octanol–water partition coefficient (Wildman–Crippen LogP) is 3.27. The molecule has 3 rings (SSSR count). The van der Waals surface area contributed by atoms with Crippen molar-refractivity contribution in [1.82, 2.24) is 4.31 Å². The van der Waals surface area contributed by atoms with Crippen LogP contribution < -0.4 is 15.4 Å². The number of ether oxygens (including phenoxy) is 1. The number of rotatable bonds is 9. The van der Waals surface area contributed by atoms with Crippen LogP contribution in [0.1, 0.15) is 31.4 Å². The molecule has 0 unspecified atom stereocenters. The number of nitrogens with zero attached hydrogens (tertiary/aromatic N) is 1. The van der Waals surface area contributed by atoms with Crippen molar-refractivity contribution < 1.29 is 17.9 Å². The number of benzene rings is 2. The first-order valence-electron chi connectivity index (χ1n) is 10.2. The lowest BCUT2D eigenvalue weighted by atomic mass is 10.1. The first-order chi connectivity index (χ1) is 14.4. The second-order valence-corrected chi connectivity index (χ2v) is 9.13. The third kappa shape index (κ3) is 4.76. The van der Waals surface area contributed by atoms with Gasteiger partial charge in [0.05, 0.1) is 24.2 Å². The minimum Gasteiger partial charge on any atom is -0.495 e. The molecule has 1 aliphatic carbocycles. The van der Waals surface area contributed by atoms with E-state index in [0.717, 1.165) is 18.5 Å². The molecule has 8 heteroatoms. The summed E-state index contributed by atoms with van der Waals surface area (Å²) in [4.78, 5) is 12.6. The first-order valence-corrected chi connectivity index (χ1v) is 11.7. The van der Waals surface area contributed by atoms with Gasteiger partial charge >= 0.3 is 0 Å². The van der Waals surface area contributed by atoms with Crippen molar-refractivity contribution in [3.05, 3.63) is 47.5 Å². The SMILES string of the molecule is CCN(CC)S(=O)(=O)c1ccc(OC)c(NC(=O)CNc2ccc3c(c2)CCC3)c1. The number of hydrogen-bond donors (Lipinski definition) is 2. The van der Waals surface area contributed by atoms with Gasteiger partial charge in [-0.05, 0) is 60.7 Å². The van der Waals surface area contributed by atoms with E-state index < -0.39 is 10.0 Å². The average Bonchev–Trinajstić information content (AvgIpc) is 3.20. The van der Waals surface area contributed by atoms with Crippen LogP contribution in [0, 0.1) is 0 Å². The number of sulfonamides is 1. The normalized spacial score (nSPS) is 13.2. The molecule has 0 aromatic heterocycles. The Labute approximate surface area is 178 Å². The molecule has 1 aliphatic rings. The maximum atomic E-state index is 12.8. The monoisotopic (exact) mass is 431 g/mol. The van der Waals surface area contributed by atoms with E-state index in [2.05, 4.69) is 22.8 Å². The van der Waals surface area contributed by atoms with Gasteiger partial charge in [-0.25, -0.2) is 8.42 Å². The van der Waals surface area contributed by atoms with Gasteiger partial charge in [-0.1, -0.05) is 19.9 Å². The van der Waals surface area contributed by atoms with E-state index in [-0.39, 0.29) is 17.3 Å². The van der Waals surface area contributed by atoms with E-state index in [1.165, 1.54) is 41.1 Å². The lowest BCUT2D eigenvalue weighted by Crippen LogP contribution is -2.30. The molecule has 0 saturated heterocycles. The maximum absolute atomic E-state index is 12.8. The van der Waals surface area contributed by atoms with Crippen LogP contribution in [0.25, 0.3) is 0 Å². The van der Waals surface area contributed by atoms with Crippen LogP contribution in [-0.2, 0) is 27.7 Å². The summed E-state index contributed by atoms with van der Waals surface area (Å²) in [6, 6.07) is 10.7. The van der Waals surface area contributed by atoms with E-state index in [0.29, 0.717) is 24.5 Å². The Hall–Kier alpha value is -2.58. The van der Waals surface area contributed by atoms with Gasteiger partial charge < -0.3 is 15.4 Å². The number of fused-ring (bicyclic) bond motifs is 1. The van der Waals surface area contributed by atoms with Crippen molar-refractivity contribution in [3.63, 3.8) is 0 Å². The minimum atomic E-state index is -3.63. The summed E-state index contributed by atoms with van der Waals surface area (Å²) in [6.07, 6.45) is 3.36. The van der Waals surface area contributed by atoms with Crippen LogP contribution in [0.4, 0.5) is 11.4 Å². The summed E-state index contributed by atoms with van der Waals surface area (Å²) >= 11 is 0. The van der Waals surface area contributed by atoms with Crippen molar-refractivity contribution >= 4 is 27.3 Å². The summed E-state index contributed by atoms with van der Waals surface area (Å²) in [5.74, 6) is 0.116. The highest BCUT2D eigenvalue weighted by molar-refractivity contribution is 7.89. The number of carbonyl (C=O) groups excluding carboxylic acids is 1. The Morgan fingerprint density at radius 2 is 1.80 bits per heavy atom. The number of carbonyl (C=O) groups is 1. The second kappa shape index (κ2) is 9.49. The molecular weight excluding hydrogens is 402 g/mol. The van der Waals surface area contributed by atoms with E-state index in [4.69, 9.17) is 4.74 Å². The molecule has 2 aromatic carbocycles. The fourth-order valence-corrected chi connectivity index (χ4v) is 5.20. The number of amides is 1. The highest BCUT2D eigenvalue weighted by Crippen LogP contribution is 2.29. The van der Waals surface area contributed by atoms with Crippen LogP contribution in [-0.4, -0.2) is 45.4 Å². The zero-order valence-corrected chi connectivity index (χ0v) is 18.5. The summed E-state index contributed by atoms with van der Waals surface area (Å²) in [5.41, 5.74) is 3.93. The van der Waals surface area contributed by atoms with E-state index in [1.54, 1.807) is 19.9 Å². The number of aryl methyl sites for hydroxylation is 2. The molecule has 0 radical (unpaired) electrons. The van der Waals surface area contributed by atoms with E-state index >= 15 is 0 Å². The third-order valence-corrected chi connectivity index (χ3v) is 7.39. The average molecular weight is 432 g/mol. The summed E-state index contributed by atoms with van der Waals surface area (Å²) in [7, 11) is -2.16. The molecule has 0 atom stereocenters. The highest BCUT2D eigenvalue weighted by atomic mass is 32.2. The van der Waals surface area contributed by atoms with E-state index in [1.807, 2.05) is 6.07 Å². The molecule has 30 heavy (non-hydrogen) atoms. The van der Waals surface area contributed by atoms with Crippen molar-refractivity contribution in [2.24, 2.45) is 0 Å².